The van der Waals surface area contributed by atoms with Crippen molar-refractivity contribution >= 4 is 48.6 Å². The monoisotopic (exact) mass is 1940 g/mol. The van der Waals surface area contributed by atoms with Crippen LogP contribution in [0.4, 0.5) is 0 Å². The maximum Gasteiger partial charge on any atom is 1.00 e. The summed E-state index contributed by atoms with van der Waals surface area (Å²) in [7, 11) is -7.83. The fourth-order valence-electron chi connectivity index (χ4n) is 16.0. The number of alkyl halides is 1. The van der Waals surface area contributed by atoms with Crippen molar-refractivity contribution in [2.45, 2.75) is 589 Å². The molecule has 0 aromatic carbocycles. The number of unbranched alkanes of at least 4 members (excludes halogenated alkanes) is 68. The summed E-state index contributed by atoms with van der Waals surface area (Å²) in [6, 6.07) is 0. The minimum atomic E-state index is -3.92. The van der Waals surface area contributed by atoms with Crippen LogP contribution < -0.4 is 63.8 Å². The first-order chi connectivity index (χ1) is 60.0. The van der Waals surface area contributed by atoms with Crippen molar-refractivity contribution in [2.75, 3.05) is 17.8 Å². The number of hydrogen-bond donors (Lipinski definition) is 1. The Morgan fingerprint density at radius 2 is 0.421 bits per heavy atom. The molecule has 0 bridgehead atoms. The number of H-pyrrole nitrogens is 1. The van der Waals surface area contributed by atoms with Crippen molar-refractivity contribution in [1.82, 2.24) is 38.6 Å². The van der Waals surface area contributed by atoms with Crippen LogP contribution in [-0.2, 0) is 65.6 Å². The summed E-state index contributed by atoms with van der Waals surface area (Å²) in [5, 5.41) is 1.18. The number of nitrogens with one attached hydrogen (secondary N) is 1. The van der Waals surface area contributed by atoms with Gasteiger partial charge in [0.05, 0.1) is 20.2 Å². The summed E-state index contributed by atoms with van der Waals surface area (Å²) in [6.07, 6.45) is 129. The van der Waals surface area contributed by atoms with E-state index in [1.807, 2.05) is 31.0 Å². The number of halogens is 3. The maximum absolute atomic E-state index is 9.08. The number of imidazole rings is 4. The second-order valence-corrected chi connectivity index (χ2v) is 39.9. The van der Waals surface area contributed by atoms with E-state index in [0.29, 0.717) is 12.5 Å². The van der Waals surface area contributed by atoms with E-state index < -0.39 is 20.2 Å². The molecule has 0 aliphatic rings. The maximum atomic E-state index is 9.08. The van der Waals surface area contributed by atoms with Crippen molar-refractivity contribution in [2.24, 2.45) is 0 Å². The van der Waals surface area contributed by atoms with Gasteiger partial charge in [-0.2, -0.15) is 0 Å². The minimum absolute atomic E-state index is 0. The molecule has 0 fully saturated rings. The Hall–Kier alpha value is -0.644. The van der Waals surface area contributed by atoms with Crippen LogP contribution in [0, 0.1) is 0 Å². The van der Waals surface area contributed by atoms with E-state index in [4.69, 9.17) is 25.9 Å². The van der Waals surface area contributed by atoms with E-state index in [0.717, 1.165) is 12.2 Å². The molecule has 20 heteroatoms. The van der Waals surface area contributed by atoms with Crippen molar-refractivity contribution < 1.29 is 89.7 Å². The van der Waals surface area contributed by atoms with Crippen LogP contribution in [-0.4, -0.2) is 82.4 Å². The fraction of sp³-hybridized carbons (Fsp3) is 0.887. The molecule has 0 aliphatic carbocycles. The van der Waals surface area contributed by atoms with E-state index in [2.05, 4.69) is 129 Å². The molecule has 0 spiro atoms. The average molecular weight is 1940 g/mol. The normalized spacial score (nSPS) is 11.0. The second-order valence-electron chi connectivity index (χ2n) is 36.3. The fourth-order valence-corrected chi connectivity index (χ4v) is 16.4. The Kier molecular flexibility index (Phi) is 122. The predicted molar refractivity (Wildman–Crippen MR) is 549 cm³/mol. The Morgan fingerprint density at radius 3 is 0.587 bits per heavy atom. The number of aryl methyl sites for hydroxylation is 7. The number of aromatic nitrogens is 8. The van der Waals surface area contributed by atoms with Gasteiger partial charge >= 0.3 is 51.4 Å². The summed E-state index contributed by atoms with van der Waals surface area (Å²) in [5.74, 6) is 5.10. The van der Waals surface area contributed by atoms with Crippen LogP contribution in [0.15, 0.2) is 49.6 Å². The first-order valence-electron chi connectivity index (χ1n) is 53.3. The van der Waals surface area contributed by atoms with Crippen molar-refractivity contribution in [1.29, 1.82) is 0 Å². The van der Waals surface area contributed by atoms with Gasteiger partial charge in [0.15, 0.2) is 0 Å². The van der Waals surface area contributed by atoms with Gasteiger partial charge in [-0.1, -0.05) is 508 Å². The first-order valence-corrected chi connectivity index (χ1v) is 58.1. The second kappa shape index (κ2) is 113. The zero-order valence-electron chi connectivity index (χ0n) is 85.1. The van der Waals surface area contributed by atoms with E-state index >= 15 is 0 Å². The number of nitrogens with zero attached hydrogens (tertiary/aromatic N) is 7. The van der Waals surface area contributed by atoms with Gasteiger partial charge in [-0.05, 0) is 51.4 Å². The summed E-state index contributed by atoms with van der Waals surface area (Å²) in [6.45, 7) is 21.8. The Balaban J connectivity index is -0.000000352. The van der Waals surface area contributed by atoms with Gasteiger partial charge in [-0.15, -0.1) is 12.4 Å². The molecule has 0 saturated heterocycles. The van der Waals surface area contributed by atoms with Gasteiger partial charge in [-0.25, -0.2) is 36.8 Å². The van der Waals surface area contributed by atoms with Gasteiger partial charge in [0.2, 0.25) is 0 Å². The van der Waals surface area contributed by atoms with Gasteiger partial charge < -0.3 is 40.2 Å². The van der Waals surface area contributed by atoms with Gasteiger partial charge in [-0.3, -0.25) is 0 Å². The largest absolute Gasteiger partial charge is 1.00 e. The van der Waals surface area contributed by atoms with Crippen LogP contribution in [0.5, 0.6) is 0 Å². The zero-order chi connectivity index (χ0) is 90.6. The first kappa shape index (κ1) is 136. The summed E-state index contributed by atoms with van der Waals surface area (Å²) in [5.41, 5.74) is 0. The third-order valence-electron chi connectivity index (χ3n) is 23.7. The number of aromatic amines is 1. The topological polar surface area (TPSA) is 197 Å². The molecule has 4 heterocycles. The molecular formula is C106H208BrCl2KN8O6S2-2. The molecule has 4 aromatic rings. The third kappa shape index (κ3) is 116. The average Bonchev–Trinajstić information content (AvgIpc) is 1.78. The summed E-state index contributed by atoms with van der Waals surface area (Å²) < 4.78 is 61.7. The Morgan fingerprint density at radius 1 is 0.262 bits per heavy atom. The molecule has 1 N–H and O–H groups in total. The van der Waals surface area contributed by atoms with E-state index in [-0.39, 0.29) is 76.2 Å². The third-order valence-corrected chi connectivity index (χ3v) is 24.3. The standard InChI is InChI=1S/3C26H50N2.C14H26N2.C12H25Br.2CH4O3S.2ClH.K/c3*1-3-5-7-9-11-13-15-17-19-21-24-28-25-23-27-26(28)22-20-18-16-14-12-10-8-6-4-2;1-2-3-4-5-6-7-8-9-10-11-14-15-12-13-16-14;1-2-3-4-5-6-7-8-9-10-11-12-13;2*1-5(2,3)4;;;/h3*23,25H,3-22,24H2,1-2H3;12-13H,2-11H2,1H3,(H,15,16);2-12H2,1H3;2*1H3,(H,2,3,4);2*1H;/q;;;;;;;;;+1/p-3. The molecule has 0 amide bonds. The van der Waals surface area contributed by atoms with Crippen LogP contribution in [0.1, 0.15) is 567 Å². The molecule has 4 rings (SSSR count). The van der Waals surface area contributed by atoms with E-state index in [1.54, 1.807) is 0 Å². The molecule has 0 aliphatic heterocycles. The van der Waals surface area contributed by atoms with E-state index in [1.165, 1.54) is 550 Å². The predicted octanol–water partition coefficient (Wildman–Crippen LogP) is 29.2. The van der Waals surface area contributed by atoms with Crippen molar-refractivity contribution in [3.8, 4) is 0 Å². The van der Waals surface area contributed by atoms with Crippen LogP contribution in [0.2, 0.25) is 0 Å². The Bertz CT molecular complexity index is 2590. The molecule has 4 aromatic heterocycles. The van der Waals surface area contributed by atoms with Crippen molar-refractivity contribution in [3.63, 3.8) is 0 Å². The Labute approximate surface area is 848 Å². The van der Waals surface area contributed by atoms with Crippen molar-refractivity contribution in [3.05, 3.63) is 72.9 Å². The molecule has 0 atom stereocenters. The van der Waals surface area contributed by atoms with Crippen LogP contribution in [0.25, 0.3) is 0 Å². The molecule has 0 unspecified atom stereocenters. The zero-order valence-corrected chi connectivity index (χ0v) is 93.0. The van der Waals surface area contributed by atoms with Gasteiger partial charge in [0, 0.05) is 113 Å². The van der Waals surface area contributed by atoms with Gasteiger partial charge in [0.1, 0.15) is 23.3 Å². The molecule has 744 valence electrons. The number of hydrogen-bond acceptors (Lipinski definition) is 10. The quantitative estimate of drug-likeness (QED) is 0.0192. The molecule has 0 saturated carbocycles. The molecule has 14 nitrogen and oxygen atoms in total. The molecule has 126 heavy (non-hydrogen) atoms. The van der Waals surface area contributed by atoms with Crippen LogP contribution in [0.3, 0.4) is 0 Å². The minimum Gasteiger partial charge on any atom is -1.00 e. The van der Waals surface area contributed by atoms with Gasteiger partial charge in [0.25, 0.3) is 0 Å². The smallest absolute Gasteiger partial charge is 1.00 e. The summed E-state index contributed by atoms with van der Waals surface area (Å²) >= 11 is 3.46. The molecular weight excluding hydrogens is 1740 g/mol. The SMILES string of the molecule is CCCCCCCCCCCCBr.CCCCCCCCCCCCn1ccnc1CCCCCCCCCCC.CCCCCCCCCCCCn1ccnc1CCCCCCCCCCC.CCCCCCCCCCCCn1ccnc1CCCCCCCCCCC.CCCCCCCCCCCc1ncc[nH]1.CS(=O)(=O)[O-].CS(=O)(=O)[O-].Cl.[Cl-].[K+]. The number of rotatable bonds is 83. The molecule has 0 radical (unpaired) electrons. The summed E-state index contributed by atoms with van der Waals surface area (Å²) in [4.78, 5) is 21.2. The van der Waals surface area contributed by atoms with Crippen LogP contribution >= 0.6 is 28.3 Å². The van der Waals surface area contributed by atoms with E-state index in [9.17, 15) is 0 Å².